The number of rotatable bonds is 5. The van der Waals surface area contributed by atoms with Gasteiger partial charge in [-0.05, 0) is 5.92 Å². The lowest BCUT2D eigenvalue weighted by Gasteiger charge is -2.10. The average Bonchev–Trinajstić information content (AvgIpc) is 2.34. The van der Waals surface area contributed by atoms with E-state index in [9.17, 15) is 10.1 Å². The monoisotopic (exact) mass is 254 g/mol. The Morgan fingerprint density at radius 3 is 2.89 bits per heavy atom. The highest BCUT2D eigenvalue weighted by atomic mass is 16.6. The number of amidine groups is 1. The molecule has 0 saturated heterocycles. The third kappa shape index (κ3) is 3.30. The zero-order chi connectivity index (χ0) is 13.7. The molecule has 0 radical (unpaired) electrons. The van der Waals surface area contributed by atoms with Crippen LogP contribution in [-0.2, 0) is 0 Å². The summed E-state index contributed by atoms with van der Waals surface area (Å²) in [7, 11) is 0. The molecule has 0 spiro atoms. The van der Waals surface area contributed by atoms with Crippen molar-refractivity contribution in [3.63, 3.8) is 0 Å². The van der Waals surface area contributed by atoms with Gasteiger partial charge in [0.25, 0.3) is 5.69 Å². The molecule has 0 aliphatic carbocycles. The molecule has 0 aliphatic heterocycles. The predicted octanol–water partition coefficient (Wildman–Crippen LogP) is 1.12. The smallest absolute Gasteiger partial charge is 0.288 e. The number of ether oxygens (including phenoxy) is 1. The molecule has 3 N–H and O–H groups in total. The van der Waals surface area contributed by atoms with Gasteiger partial charge in [0.2, 0.25) is 5.88 Å². The normalized spacial score (nSPS) is 11.6. The summed E-state index contributed by atoms with van der Waals surface area (Å²) >= 11 is 0. The first-order chi connectivity index (χ1) is 8.45. The maximum atomic E-state index is 10.6. The molecule has 0 unspecified atom stereocenters. The minimum Gasteiger partial charge on any atom is -0.477 e. The minimum atomic E-state index is -0.618. The number of oxime groups is 1. The quantitative estimate of drug-likeness (QED) is 0.267. The lowest BCUT2D eigenvalue weighted by molar-refractivity contribution is -0.385. The van der Waals surface area contributed by atoms with Crippen LogP contribution in [0.3, 0.4) is 0 Å². The number of hydrogen-bond acceptors (Lipinski definition) is 6. The molecule has 0 fully saturated rings. The van der Waals surface area contributed by atoms with Crippen molar-refractivity contribution < 1.29 is 14.9 Å². The van der Waals surface area contributed by atoms with E-state index in [-0.39, 0.29) is 28.9 Å². The average molecular weight is 254 g/mol. The fraction of sp³-hybridized carbons (Fsp3) is 0.400. The van der Waals surface area contributed by atoms with Crippen LogP contribution in [0, 0.1) is 16.0 Å². The molecule has 0 aromatic carbocycles. The van der Waals surface area contributed by atoms with Gasteiger partial charge in [-0.3, -0.25) is 10.1 Å². The predicted molar refractivity (Wildman–Crippen MR) is 63.7 cm³/mol. The van der Waals surface area contributed by atoms with Crippen molar-refractivity contribution in [1.29, 1.82) is 0 Å². The Morgan fingerprint density at radius 1 is 1.72 bits per heavy atom. The second-order valence-corrected chi connectivity index (χ2v) is 3.99. The number of nitrogens with zero attached hydrogens (tertiary/aromatic N) is 3. The zero-order valence-electron chi connectivity index (χ0n) is 10.0. The van der Waals surface area contributed by atoms with Crippen LogP contribution in [0.4, 0.5) is 5.69 Å². The van der Waals surface area contributed by atoms with Crippen LogP contribution in [0.5, 0.6) is 5.88 Å². The molecule has 0 atom stereocenters. The van der Waals surface area contributed by atoms with Gasteiger partial charge in [-0.15, -0.1) is 0 Å². The molecule has 1 heterocycles. The third-order valence-corrected chi connectivity index (χ3v) is 1.98. The number of nitrogens with two attached hydrogens (primary N) is 1. The summed E-state index contributed by atoms with van der Waals surface area (Å²) < 4.78 is 5.35. The first kappa shape index (κ1) is 13.7. The standard InChI is InChI=1S/C10H14N4O4/c1-6(2)5-18-10-8(9(11)13-15)3-7(4-12-10)14(16)17/h3-4,6,15H,5H2,1-2H3,(H2,11,13). The Labute approximate surface area is 103 Å². The molecular weight excluding hydrogens is 240 g/mol. The van der Waals surface area contributed by atoms with Gasteiger partial charge in [0.15, 0.2) is 5.84 Å². The SMILES string of the molecule is CC(C)COc1ncc([N+](=O)[O-])cc1C(N)=NO. The molecule has 1 aromatic heterocycles. The van der Waals surface area contributed by atoms with Gasteiger partial charge in [0.05, 0.1) is 17.1 Å². The maximum Gasteiger partial charge on any atom is 0.288 e. The highest BCUT2D eigenvalue weighted by Gasteiger charge is 2.16. The van der Waals surface area contributed by atoms with E-state index >= 15 is 0 Å². The molecule has 18 heavy (non-hydrogen) atoms. The molecule has 8 nitrogen and oxygen atoms in total. The molecule has 0 saturated carbocycles. The lowest BCUT2D eigenvalue weighted by atomic mass is 10.2. The van der Waals surface area contributed by atoms with Crippen LogP contribution in [0.15, 0.2) is 17.4 Å². The van der Waals surface area contributed by atoms with Gasteiger partial charge in [-0.1, -0.05) is 19.0 Å². The molecule has 8 heteroatoms. The second-order valence-electron chi connectivity index (χ2n) is 3.99. The Balaban J connectivity index is 3.13. The van der Waals surface area contributed by atoms with E-state index < -0.39 is 4.92 Å². The van der Waals surface area contributed by atoms with Crippen molar-refractivity contribution in [3.05, 3.63) is 27.9 Å². The van der Waals surface area contributed by atoms with Crippen molar-refractivity contribution in [2.24, 2.45) is 16.8 Å². The Hall–Kier alpha value is -2.38. The summed E-state index contributed by atoms with van der Waals surface area (Å²) in [6.07, 6.45) is 1.06. The van der Waals surface area contributed by atoms with Crippen molar-refractivity contribution in [3.8, 4) is 5.88 Å². The molecular formula is C10H14N4O4. The zero-order valence-corrected chi connectivity index (χ0v) is 10.0. The Morgan fingerprint density at radius 2 is 2.39 bits per heavy atom. The summed E-state index contributed by atoms with van der Waals surface area (Å²) in [5, 5.41) is 22.1. The number of hydrogen-bond donors (Lipinski definition) is 2. The largest absolute Gasteiger partial charge is 0.477 e. The highest BCUT2D eigenvalue weighted by molar-refractivity contribution is 5.99. The van der Waals surface area contributed by atoms with Crippen LogP contribution in [0.2, 0.25) is 0 Å². The van der Waals surface area contributed by atoms with E-state index in [1.807, 2.05) is 13.8 Å². The molecule has 98 valence electrons. The fourth-order valence-corrected chi connectivity index (χ4v) is 1.14. The van der Waals surface area contributed by atoms with Gasteiger partial charge in [-0.2, -0.15) is 0 Å². The van der Waals surface area contributed by atoms with E-state index in [0.717, 1.165) is 12.3 Å². The number of pyridine rings is 1. The number of nitro groups is 1. The van der Waals surface area contributed by atoms with Gasteiger partial charge < -0.3 is 15.7 Å². The summed E-state index contributed by atoms with van der Waals surface area (Å²) in [6.45, 7) is 4.25. The minimum absolute atomic E-state index is 0.0901. The maximum absolute atomic E-state index is 10.6. The van der Waals surface area contributed by atoms with Crippen molar-refractivity contribution in [2.75, 3.05) is 6.61 Å². The second kappa shape index (κ2) is 5.80. The highest BCUT2D eigenvalue weighted by Crippen LogP contribution is 2.21. The van der Waals surface area contributed by atoms with E-state index in [1.54, 1.807) is 0 Å². The fourth-order valence-electron chi connectivity index (χ4n) is 1.14. The lowest BCUT2D eigenvalue weighted by Crippen LogP contribution is -2.17. The van der Waals surface area contributed by atoms with Crippen LogP contribution in [0.25, 0.3) is 0 Å². The first-order valence-electron chi connectivity index (χ1n) is 5.20. The molecule has 0 aliphatic rings. The van der Waals surface area contributed by atoms with Crippen LogP contribution in [-0.4, -0.2) is 27.6 Å². The third-order valence-electron chi connectivity index (χ3n) is 1.98. The van der Waals surface area contributed by atoms with E-state index in [0.29, 0.717) is 6.61 Å². The van der Waals surface area contributed by atoms with Gasteiger partial charge >= 0.3 is 0 Å². The van der Waals surface area contributed by atoms with E-state index in [2.05, 4.69) is 10.1 Å². The Bertz CT molecular complexity index is 473. The summed E-state index contributed by atoms with van der Waals surface area (Å²) in [5.74, 6) is 0.0664. The summed E-state index contributed by atoms with van der Waals surface area (Å²) in [6, 6.07) is 1.15. The molecule has 1 rings (SSSR count). The molecule has 0 amide bonds. The van der Waals surface area contributed by atoms with Crippen molar-refractivity contribution in [2.45, 2.75) is 13.8 Å². The number of aromatic nitrogens is 1. The topological polar surface area (TPSA) is 124 Å². The van der Waals surface area contributed by atoms with Gasteiger partial charge in [0.1, 0.15) is 6.20 Å². The summed E-state index contributed by atoms with van der Waals surface area (Å²) in [4.78, 5) is 13.8. The van der Waals surface area contributed by atoms with Crippen LogP contribution >= 0.6 is 0 Å². The van der Waals surface area contributed by atoms with Gasteiger partial charge in [0, 0.05) is 6.07 Å². The van der Waals surface area contributed by atoms with E-state index in [1.165, 1.54) is 0 Å². The molecule has 1 aromatic rings. The van der Waals surface area contributed by atoms with Gasteiger partial charge in [-0.25, -0.2) is 4.98 Å². The van der Waals surface area contributed by atoms with E-state index in [4.69, 9.17) is 15.7 Å². The van der Waals surface area contributed by atoms with Crippen molar-refractivity contribution in [1.82, 2.24) is 4.98 Å². The van der Waals surface area contributed by atoms with Crippen LogP contribution in [0.1, 0.15) is 19.4 Å². The Kier molecular flexibility index (Phi) is 4.41. The van der Waals surface area contributed by atoms with Crippen LogP contribution < -0.4 is 10.5 Å². The summed E-state index contributed by atoms with van der Waals surface area (Å²) in [5.41, 5.74) is 5.26. The first-order valence-corrected chi connectivity index (χ1v) is 5.20. The van der Waals surface area contributed by atoms with Crippen molar-refractivity contribution >= 4 is 11.5 Å². The molecule has 0 bridgehead atoms.